The first kappa shape index (κ1) is 20.1. The lowest BCUT2D eigenvalue weighted by atomic mass is 9.77. The Bertz CT molecular complexity index is 1140. The molecule has 2 aliphatic rings. The molecule has 156 valence electrons. The van der Waals surface area contributed by atoms with Crippen molar-refractivity contribution in [2.45, 2.75) is 25.3 Å². The summed E-state index contributed by atoms with van der Waals surface area (Å²) in [6, 6.07) is 23.6. The number of nitrogens with zero attached hydrogens (tertiary/aromatic N) is 1. The molecule has 0 fully saturated rings. The molecule has 0 saturated carbocycles. The van der Waals surface area contributed by atoms with E-state index >= 15 is 0 Å². The maximum absolute atomic E-state index is 5.72. The molecule has 1 aliphatic heterocycles. The number of fused-ring (bicyclic) bond motifs is 3. The molecule has 1 N–H and O–H groups in total. The summed E-state index contributed by atoms with van der Waals surface area (Å²) in [5.74, 6) is 1.89. The number of anilines is 1. The van der Waals surface area contributed by atoms with Crippen LogP contribution in [0, 0.1) is 5.92 Å². The number of ether oxygens (including phenoxy) is 1. The summed E-state index contributed by atoms with van der Waals surface area (Å²) >= 11 is 3.53. The Balaban J connectivity index is 1.38. The largest absolute Gasteiger partial charge is 0.493 e. The van der Waals surface area contributed by atoms with Crippen LogP contribution < -0.4 is 10.1 Å². The summed E-state index contributed by atoms with van der Waals surface area (Å²) < 4.78 is 6.73. The smallest absolute Gasteiger partial charge is 0.128 e. The number of aliphatic imine (C=N–C) groups is 1. The zero-order valence-corrected chi connectivity index (χ0v) is 19.0. The molecular weight excluding hydrogens is 448 g/mol. The topological polar surface area (TPSA) is 33.6 Å². The zero-order valence-electron chi connectivity index (χ0n) is 17.5. The summed E-state index contributed by atoms with van der Waals surface area (Å²) in [6.45, 7) is 2.62. The molecule has 0 aromatic heterocycles. The van der Waals surface area contributed by atoms with Crippen LogP contribution >= 0.6 is 15.9 Å². The minimum Gasteiger partial charge on any atom is -0.493 e. The maximum Gasteiger partial charge on any atom is 0.128 e. The van der Waals surface area contributed by atoms with E-state index in [9.17, 15) is 0 Å². The van der Waals surface area contributed by atoms with Gasteiger partial charge in [-0.25, -0.2) is 0 Å². The minimum absolute atomic E-state index is 0.308. The van der Waals surface area contributed by atoms with Gasteiger partial charge in [-0.15, -0.1) is 0 Å². The van der Waals surface area contributed by atoms with E-state index < -0.39 is 0 Å². The molecule has 1 aliphatic carbocycles. The highest BCUT2D eigenvalue weighted by Gasteiger charge is 2.37. The van der Waals surface area contributed by atoms with Gasteiger partial charge in [0.25, 0.3) is 0 Å². The van der Waals surface area contributed by atoms with Crippen molar-refractivity contribution in [3.05, 3.63) is 100 Å². The molecule has 1 heterocycles. The zero-order chi connectivity index (χ0) is 21.2. The first-order chi connectivity index (χ1) is 15.2. The Morgan fingerprint density at radius 1 is 1.10 bits per heavy atom. The van der Waals surface area contributed by atoms with E-state index in [1.165, 1.54) is 16.8 Å². The van der Waals surface area contributed by atoms with Gasteiger partial charge in [0.2, 0.25) is 0 Å². The molecule has 5 rings (SSSR count). The quantitative estimate of drug-likeness (QED) is 0.309. The van der Waals surface area contributed by atoms with Gasteiger partial charge in [0.15, 0.2) is 0 Å². The van der Waals surface area contributed by atoms with Crippen molar-refractivity contribution < 1.29 is 4.74 Å². The lowest BCUT2D eigenvalue weighted by molar-refractivity contribution is 0.339. The van der Waals surface area contributed by atoms with Crippen molar-refractivity contribution in [1.29, 1.82) is 0 Å². The highest BCUT2D eigenvalue weighted by atomic mass is 79.9. The molecule has 3 aromatic carbocycles. The van der Waals surface area contributed by atoms with Crippen molar-refractivity contribution in [2.75, 3.05) is 11.9 Å². The maximum atomic E-state index is 5.72. The second-order valence-electron chi connectivity index (χ2n) is 8.03. The molecule has 31 heavy (non-hydrogen) atoms. The third kappa shape index (κ3) is 4.05. The van der Waals surface area contributed by atoms with Crippen molar-refractivity contribution in [2.24, 2.45) is 10.9 Å². The number of nitrogens with one attached hydrogen (secondary N) is 1. The lowest BCUT2D eigenvalue weighted by Gasteiger charge is -2.37. The average molecular weight is 473 g/mol. The van der Waals surface area contributed by atoms with Gasteiger partial charge in [-0.05, 0) is 66.8 Å². The Hall–Kier alpha value is -2.85. The summed E-state index contributed by atoms with van der Waals surface area (Å²) in [5.41, 5.74) is 5.87. The normalized spacial score (nSPS) is 21.5. The van der Waals surface area contributed by atoms with E-state index in [0.29, 0.717) is 24.5 Å². The summed E-state index contributed by atoms with van der Waals surface area (Å²) in [7, 11) is 0. The standard InChI is InChI=1S/C27H25BrN2O/c1-2-31-26-15-12-20(28)16-19(26)17-29-21-13-10-18(11-14-21)27-24-8-5-7-22(24)23-6-3-4-9-25(23)30-27/h3-7,9-17,22,24,27,30H,2,8H2,1H3/t22-,24-,27+/m1/s1. The van der Waals surface area contributed by atoms with Gasteiger partial charge in [-0.1, -0.05) is 58.4 Å². The van der Waals surface area contributed by atoms with Gasteiger partial charge in [-0.3, -0.25) is 4.99 Å². The number of hydrogen-bond donors (Lipinski definition) is 1. The Morgan fingerprint density at radius 3 is 2.77 bits per heavy atom. The highest BCUT2D eigenvalue weighted by molar-refractivity contribution is 9.10. The number of benzene rings is 3. The van der Waals surface area contributed by atoms with Crippen LogP contribution in [0.15, 0.2) is 88.3 Å². The minimum atomic E-state index is 0.308. The fourth-order valence-corrected chi connectivity index (χ4v) is 5.07. The summed E-state index contributed by atoms with van der Waals surface area (Å²) in [4.78, 5) is 4.69. The van der Waals surface area contributed by atoms with Gasteiger partial charge in [0, 0.05) is 27.9 Å². The molecule has 0 unspecified atom stereocenters. The van der Waals surface area contributed by atoms with E-state index in [1.54, 1.807) is 0 Å². The number of para-hydroxylation sites is 1. The van der Waals surface area contributed by atoms with Crippen molar-refractivity contribution >= 4 is 33.5 Å². The SMILES string of the molecule is CCOc1ccc(Br)cc1C=Nc1ccc([C@@H]2Nc3ccccc3[C@H]3C=CC[C@H]32)cc1. The van der Waals surface area contributed by atoms with E-state index in [0.717, 1.165) is 27.9 Å². The molecule has 3 nitrogen and oxygen atoms in total. The van der Waals surface area contributed by atoms with E-state index in [4.69, 9.17) is 9.73 Å². The van der Waals surface area contributed by atoms with Crippen LogP contribution in [0.2, 0.25) is 0 Å². The van der Waals surface area contributed by atoms with Crippen LogP contribution in [-0.2, 0) is 0 Å². The van der Waals surface area contributed by atoms with Crippen LogP contribution in [0.25, 0.3) is 0 Å². The fourth-order valence-electron chi connectivity index (χ4n) is 4.69. The average Bonchev–Trinajstić information content (AvgIpc) is 3.29. The first-order valence-electron chi connectivity index (χ1n) is 10.8. The van der Waals surface area contributed by atoms with Crippen molar-refractivity contribution in [3.8, 4) is 5.75 Å². The second kappa shape index (κ2) is 8.72. The summed E-state index contributed by atoms with van der Waals surface area (Å²) in [6.07, 6.45) is 7.69. The monoisotopic (exact) mass is 472 g/mol. The third-order valence-corrected chi connectivity index (χ3v) is 6.64. The first-order valence-corrected chi connectivity index (χ1v) is 11.6. The van der Waals surface area contributed by atoms with Gasteiger partial charge in [0.05, 0.1) is 18.3 Å². The number of rotatable bonds is 5. The van der Waals surface area contributed by atoms with Crippen LogP contribution in [0.4, 0.5) is 11.4 Å². The molecule has 0 bridgehead atoms. The van der Waals surface area contributed by atoms with Gasteiger partial charge in [-0.2, -0.15) is 0 Å². The van der Waals surface area contributed by atoms with Crippen LogP contribution in [0.5, 0.6) is 5.75 Å². The Kier molecular flexibility index (Phi) is 5.65. The van der Waals surface area contributed by atoms with Gasteiger partial charge in [0.1, 0.15) is 5.75 Å². The third-order valence-electron chi connectivity index (χ3n) is 6.15. The molecule has 0 saturated heterocycles. The van der Waals surface area contributed by atoms with Crippen molar-refractivity contribution in [3.63, 3.8) is 0 Å². The molecule has 3 atom stereocenters. The number of hydrogen-bond acceptors (Lipinski definition) is 3. The number of halogens is 1. The Morgan fingerprint density at radius 2 is 1.94 bits per heavy atom. The molecule has 0 amide bonds. The van der Waals surface area contributed by atoms with Crippen LogP contribution in [0.1, 0.15) is 42.0 Å². The second-order valence-corrected chi connectivity index (χ2v) is 8.94. The molecule has 0 spiro atoms. The van der Waals surface area contributed by atoms with Gasteiger partial charge >= 0.3 is 0 Å². The summed E-state index contributed by atoms with van der Waals surface area (Å²) in [5, 5.41) is 3.79. The molecule has 3 aromatic rings. The van der Waals surface area contributed by atoms with E-state index in [1.807, 2.05) is 31.3 Å². The highest BCUT2D eigenvalue weighted by Crippen LogP contribution is 2.49. The number of allylic oxidation sites excluding steroid dienone is 2. The molecule has 4 heteroatoms. The van der Waals surface area contributed by atoms with Crippen LogP contribution in [-0.4, -0.2) is 12.8 Å². The van der Waals surface area contributed by atoms with Gasteiger partial charge < -0.3 is 10.1 Å². The lowest BCUT2D eigenvalue weighted by Crippen LogP contribution is -2.28. The fraction of sp³-hybridized carbons (Fsp3) is 0.222. The Labute approximate surface area is 192 Å². The predicted octanol–water partition coefficient (Wildman–Crippen LogP) is 7.42. The van der Waals surface area contributed by atoms with Crippen molar-refractivity contribution in [1.82, 2.24) is 0 Å². The van der Waals surface area contributed by atoms with E-state index in [2.05, 4.69) is 81.9 Å². The molecular formula is C27H25BrN2O. The predicted molar refractivity (Wildman–Crippen MR) is 132 cm³/mol. The van der Waals surface area contributed by atoms with Crippen LogP contribution in [0.3, 0.4) is 0 Å². The van der Waals surface area contributed by atoms with E-state index in [-0.39, 0.29) is 0 Å². The molecule has 0 radical (unpaired) electrons.